The SMILES string of the molecule is O=C(O)C1(C(=O)N2CCC(Oc3cccc(Cl)c3)C2)CC1. The van der Waals surface area contributed by atoms with E-state index in [2.05, 4.69) is 0 Å². The minimum atomic E-state index is -1.16. The van der Waals surface area contributed by atoms with Gasteiger partial charge in [0.1, 0.15) is 17.3 Å². The number of carbonyl (C=O) groups is 2. The van der Waals surface area contributed by atoms with Crippen LogP contribution in [0.2, 0.25) is 5.02 Å². The maximum Gasteiger partial charge on any atom is 0.319 e. The maximum atomic E-state index is 12.3. The number of ether oxygens (including phenoxy) is 1. The lowest BCUT2D eigenvalue weighted by atomic mass is 10.1. The van der Waals surface area contributed by atoms with Gasteiger partial charge in [-0.1, -0.05) is 17.7 Å². The molecule has 0 radical (unpaired) electrons. The second-order valence-corrected chi connectivity index (χ2v) is 6.06. The van der Waals surface area contributed by atoms with E-state index in [-0.39, 0.29) is 12.0 Å². The predicted octanol–water partition coefficient (Wildman–Crippen LogP) is 2.18. The molecule has 112 valence electrons. The first-order valence-electron chi connectivity index (χ1n) is 6.96. The van der Waals surface area contributed by atoms with E-state index in [0.717, 1.165) is 0 Å². The predicted molar refractivity (Wildman–Crippen MR) is 76.4 cm³/mol. The highest BCUT2D eigenvalue weighted by Gasteiger charge is 2.59. The molecule has 0 bridgehead atoms. The molecule has 21 heavy (non-hydrogen) atoms. The van der Waals surface area contributed by atoms with Crippen LogP contribution in [0.5, 0.6) is 5.75 Å². The lowest BCUT2D eigenvalue weighted by Crippen LogP contribution is -2.40. The average molecular weight is 310 g/mol. The molecule has 3 rings (SSSR count). The Morgan fingerprint density at radius 3 is 2.76 bits per heavy atom. The molecule has 1 aliphatic heterocycles. The Morgan fingerprint density at radius 1 is 1.38 bits per heavy atom. The van der Waals surface area contributed by atoms with Gasteiger partial charge in [-0.2, -0.15) is 0 Å². The molecule has 1 atom stereocenters. The van der Waals surface area contributed by atoms with Gasteiger partial charge in [0.2, 0.25) is 5.91 Å². The van der Waals surface area contributed by atoms with Gasteiger partial charge in [-0.05, 0) is 31.0 Å². The van der Waals surface area contributed by atoms with Gasteiger partial charge in [0, 0.05) is 18.0 Å². The first kappa shape index (κ1) is 14.2. The Hall–Kier alpha value is -1.75. The number of nitrogens with zero attached hydrogens (tertiary/aromatic N) is 1. The maximum absolute atomic E-state index is 12.3. The summed E-state index contributed by atoms with van der Waals surface area (Å²) in [5, 5.41) is 9.77. The van der Waals surface area contributed by atoms with E-state index in [1.165, 1.54) is 0 Å². The number of rotatable bonds is 4. The van der Waals surface area contributed by atoms with Crippen LogP contribution in [0.3, 0.4) is 0 Å². The Balaban J connectivity index is 1.61. The van der Waals surface area contributed by atoms with Crippen LogP contribution in [-0.4, -0.2) is 41.1 Å². The van der Waals surface area contributed by atoms with E-state index in [1.807, 2.05) is 6.07 Å². The number of hydrogen-bond donors (Lipinski definition) is 1. The largest absolute Gasteiger partial charge is 0.488 e. The summed E-state index contributed by atoms with van der Waals surface area (Å²) in [5.74, 6) is -0.611. The van der Waals surface area contributed by atoms with Crippen molar-refractivity contribution in [3.05, 3.63) is 29.3 Å². The van der Waals surface area contributed by atoms with Crippen molar-refractivity contribution in [1.82, 2.24) is 4.90 Å². The summed E-state index contributed by atoms with van der Waals surface area (Å²) < 4.78 is 5.80. The van der Waals surface area contributed by atoms with Crippen LogP contribution < -0.4 is 4.74 Å². The molecular weight excluding hydrogens is 294 g/mol. The molecular formula is C15H16ClNO4. The number of amides is 1. The van der Waals surface area contributed by atoms with Crippen molar-refractivity contribution in [2.75, 3.05) is 13.1 Å². The highest BCUT2D eigenvalue weighted by atomic mass is 35.5. The molecule has 1 unspecified atom stereocenters. The van der Waals surface area contributed by atoms with Crippen LogP contribution in [0.25, 0.3) is 0 Å². The summed E-state index contributed by atoms with van der Waals surface area (Å²) in [6.07, 6.45) is 1.47. The van der Waals surface area contributed by atoms with Gasteiger partial charge in [-0.3, -0.25) is 9.59 Å². The van der Waals surface area contributed by atoms with Gasteiger partial charge in [-0.15, -0.1) is 0 Å². The minimum Gasteiger partial charge on any atom is -0.488 e. The van der Waals surface area contributed by atoms with Gasteiger partial charge in [0.05, 0.1) is 6.54 Å². The first-order chi connectivity index (χ1) is 10.0. The van der Waals surface area contributed by atoms with Gasteiger partial charge in [0.15, 0.2) is 0 Å². The third-order valence-corrected chi connectivity index (χ3v) is 4.33. The molecule has 1 heterocycles. The fourth-order valence-corrected chi connectivity index (χ4v) is 2.87. The summed E-state index contributed by atoms with van der Waals surface area (Å²) in [6.45, 7) is 0.972. The molecule has 0 aromatic heterocycles. The number of benzene rings is 1. The van der Waals surface area contributed by atoms with Gasteiger partial charge in [0.25, 0.3) is 0 Å². The number of likely N-dealkylation sites (tertiary alicyclic amines) is 1. The molecule has 0 spiro atoms. The third kappa shape index (κ3) is 2.70. The standard InChI is InChI=1S/C15H16ClNO4/c16-10-2-1-3-11(8-10)21-12-4-7-17(9-12)13(18)15(5-6-15)14(19)20/h1-3,8,12H,4-7,9H2,(H,19,20). The van der Waals surface area contributed by atoms with E-state index in [0.29, 0.717) is 43.1 Å². The van der Waals surface area contributed by atoms with Crippen molar-refractivity contribution in [2.24, 2.45) is 5.41 Å². The number of carboxylic acids is 1. The van der Waals surface area contributed by atoms with Crippen molar-refractivity contribution in [3.8, 4) is 5.75 Å². The summed E-state index contributed by atoms with van der Waals surface area (Å²) >= 11 is 5.90. The second-order valence-electron chi connectivity index (χ2n) is 5.62. The smallest absolute Gasteiger partial charge is 0.319 e. The normalized spacial score (nSPS) is 22.9. The zero-order chi connectivity index (χ0) is 15.0. The van der Waals surface area contributed by atoms with Crippen LogP contribution in [0.15, 0.2) is 24.3 Å². The highest BCUT2D eigenvalue weighted by Crippen LogP contribution is 2.48. The monoisotopic (exact) mass is 309 g/mol. The third-order valence-electron chi connectivity index (χ3n) is 4.10. The van der Waals surface area contributed by atoms with Crippen molar-refractivity contribution in [1.29, 1.82) is 0 Å². The fourth-order valence-electron chi connectivity index (χ4n) is 2.69. The molecule has 1 aromatic rings. The van der Waals surface area contributed by atoms with Crippen LogP contribution >= 0.6 is 11.6 Å². The van der Waals surface area contributed by atoms with Crippen LogP contribution in [0.1, 0.15) is 19.3 Å². The molecule has 1 aromatic carbocycles. The molecule has 1 N–H and O–H groups in total. The Kier molecular flexibility index (Phi) is 3.53. The van der Waals surface area contributed by atoms with Gasteiger partial charge in [-0.25, -0.2) is 0 Å². The van der Waals surface area contributed by atoms with Crippen LogP contribution in [0.4, 0.5) is 0 Å². The van der Waals surface area contributed by atoms with Crippen molar-refractivity contribution in [2.45, 2.75) is 25.4 Å². The summed E-state index contributed by atoms with van der Waals surface area (Å²) in [7, 11) is 0. The lowest BCUT2D eigenvalue weighted by Gasteiger charge is -2.20. The molecule has 2 aliphatic rings. The fraction of sp³-hybridized carbons (Fsp3) is 0.467. The molecule has 1 aliphatic carbocycles. The summed E-state index contributed by atoms with van der Waals surface area (Å²) in [4.78, 5) is 25.1. The zero-order valence-corrected chi connectivity index (χ0v) is 12.2. The Labute approximate surface area is 127 Å². The number of halogens is 1. The Morgan fingerprint density at radius 2 is 2.14 bits per heavy atom. The molecule has 1 amide bonds. The molecule has 2 fully saturated rings. The first-order valence-corrected chi connectivity index (χ1v) is 7.34. The van der Waals surface area contributed by atoms with Gasteiger partial charge >= 0.3 is 5.97 Å². The summed E-state index contributed by atoms with van der Waals surface area (Å²) in [6, 6.07) is 7.11. The second kappa shape index (κ2) is 5.22. The zero-order valence-electron chi connectivity index (χ0n) is 11.4. The Bertz CT molecular complexity index is 585. The van der Waals surface area contributed by atoms with Crippen LogP contribution in [0, 0.1) is 5.41 Å². The van der Waals surface area contributed by atoms with Gasteiger partial charge < -0.3 is 14.7 Å². The quantitative estimate of drug-likeness (QED) is 0.866. The van der Waals surface area contributed by atoms with Crippen molar-refractivity contribution in [3.63, 3.8) is 0 Å². The van der Waals surface area contributed by atoms with Crippen LogP contribution in [-0.2, 0) is 9.59 Å². The number of aliphatic carboxylic acids is 1. The van der Waals surface area contributed by atoms with E-state index in [4.69, 9.17) is 16.3 Å². The average Bonchev–Trinajstić information content (AvgIpc) is 3.13. The van der Waals surface area contributed by atoms with E-state index in [9.17, 15) is 14.7 Å². The number of carbonyl (C=O) groups excluding carboxylic acids is 1. The molecule has 1 saturated heterocycles. The van der Waals surface area contributed by atoms with Crippen molar-refractivity contribution < 1.29 is 19.4 Å². The minimum absolute atomic E-state index is 0.114. The van der Waals surface area contributed by atoms with E-state index in [1.54, 1.807) is 23.1 Å². The number of hydrogen-bond acceptors (Lipinski definition) is 3. The molecule has 6 heteroatoms. The molecule has 1 saturated carbocycles. The topological polar surface area (TPSA) is 66.8 Å². The van der Waals surface area contributed by atoms with E-state index < -0.39 is 11.4 Å². The number of carboxylic acid groups (broad SMARTS) is 1. The highest BCUT2D eigenvalue weighted by molar-refractivity contribution is 6.30. The lowest BCUT2D eigenvalue weighted by molar-refractivity contribution is -0.153. The molecule has 5 nitrogen and oxygen atoms in total. The van der Waals surface area contributed by atoms with Crippen molar-refractivity contribution >= 4 is 23.5 Å². The van der Waals surface area contributed by atoms with E-state index >= 15 is 0 Å². The summed E-state index contributed by atoms with van der Waals surface area (Å²) in [5.41, 5.74) is -1.16.